The Morgan fingerprint density at radius 3 is 2.50 bits per heavy atom. The normalized spacial score (nSPS) is 10.4. The fourth-order valence-corrected chi connectivity index (χ4v) is 3.00. The molecule has 0 unspecified atom stereocenters. The van der Waals surface area contributed by atoms with Crippen molar-refractivity contribution in [1.29, 1.82) is 0 Å². The van der Waals surface area contributed by atoms with Gasteiger partial charge in [-0.1, -0.05) is 28.1 Å². The number of halogens is 1. The molecule has 0 bridgehead atoms. The lowest BCUT2D eigenvalue weighted by Crippen LogP contribution is -2.13. The van der Waals surface area contributed by atoms with Crippen LogP contribution in [0.25, 0.3) is 0 Å². The molecule has 0 fully saturated rings. The first-order chi connectivity index (χ1) is 13.5. The molecule has 0 aromatic heterocycles. The van der Waals surface area contributed by atoms with E-state index in [0.717, 1.165) is 32.8 Å². The Balaban J connectivity index is 1.77. The van der Waals surface area contributed by atoms with E-state index in [-0.39, 0.29) is 5.91 Å². The molecule has 144 valence electrons. The largest absolute Gasteiger partial charge is 0.493 e. The topological polar surface area (TPSA) is 47.6 Å². The van der Waals surface area contributed by atoms with Crippen LogP contribution in [0.1, 0.15) is 28.4 Å². The van der Waals surface area contributed by atoms with Crippen LogP contribution in [0.2, 0.25) is 0 Å². The molecule has 0 aliphatic rings. The van der Waals surface area contributed by atoms with E-state index < -0.39 is 0 Å². The highest BCUT2D eigenvalue weighted by molar-refractivity contribution is 9.10. The molecule has 3 aromatic carbocycles. The summed E-state index contributed by atoms with van der Waals surface area (Å²) in [6.45, 7) is 4.81. The molecule has 4 nitrogen and oxygen atoms in total. The zero-order valence-electron chi connectivity index (χ0n) is 15.9. The van der Waals surface area contributed by atoms with Gasteiger partial charge in [0.05, 0.1) is 6.61 Å². The van der Waals surface area contributed by atoms with Crippen LogP contribution in [0, 0.1) is 6.92 Å². The number of anilines is 1. The number of carbonyl (C=O) groups is 1. The SMILES string of the molecule is CCOc1ccc(C(=O)Nc2ccc(Br)cc2)cc1COc1cccc(C)c1. The van der Waals surface area contributed by atoms with Crippen molar-refractivity contribution in [2.45, 2.75) is 20.5 Å². The van der Waals surface area contributed by atoms with E-state index >= 15 is 0 Å². The second-order valence-corrected chi connectivity index (χ2v) is 7.24. The van der Waals surface area contributed by atoms with Gasteiger partial charge in [-0.05, 0) is 74.0 Å². The predicted molar refractivity (Wildman–Crippen MR) is 115 cm³/mol. The number of hydrogen-bond donors (Lipinski definition) is 1. The minimum atomic E-state index is -0.179. The zero-order valence-corrected chi connectivity index (χ0v) is 17.5. The van der Waals surface area contributed by atoms with Gasteiger partial charge in [-0.15, -0.1) is 0 Å². The smallest absolute Gasteiger partial charge is 0.255 e. The van der Waals surface area contributed by atoms with Crippen molar-refractivity contribution in [3.63, 3.8) is 0 Å². The third-order valence-corrected chi connectivity index (χ3v) is 4.64. The van der Waals surface area contributed by atoms with E-state index in [1.54, 1.807) is 6.07 Å². The average Bonchev–Trinajstić information content (AvgIpc) is 2.69. The summed E-state index contributed by atoms with van der Waals surface area (Å²) in [7, 11) is 0. The quantitative estimate of drug-likeness (QED) is 0.491. The van der Waals surface area contributed by atoms with E-state index in [4.69, 9.17) is 9.47 Å². The highest BCUT2D eigenvalue weighted by Gasteiger charge is 2.12. The summed E-state index contributed by atoms with van der Waals surface area (Å²) in [6, 6.07) is 20.7. The lowest BCUT2D eigenvalue weighted by atomic mass is 10.1. The molecule has 0 saturated heterocycles. The van der Waals surface area contributed by atoms with Crippen molar-refractivity contribution in [1.82, 2.24) is 0 Å². The molecule has 0 spiro atoms. The molecular weight excluding hydrogens is 418 g/mol. The minimum absolute atomic E-state index is 0.179. The Morgan fingerprint density at radius 2 is 1.79 bits per heavy atom. The standard InChI is InChI=1S/C23H22BrNO3/c1-3-27-22-12-7-17(23(26)25-20-10-8-19(24)9-11-20)14-18(22)15-28-21-6-4-5-16(2)13-21/h4-14H,3,15H2,1-2H3,(H,25,26). The summed E-state index contributed by atoms with van der Waals surface area (Å²) in [4.78, 5) is 12.6. The summed E-state index contributed by atoms with van der Waals surface area (Å²) in [5.74, 6) is 1.32. The fourth-order valence-electron chi connectivity index (χ4n) is 2.73. The number of hydrogen-bond acceptors (Lipinski definition) is 3. The summed E-state index contributed by atoms with van der Waals surface area (Å²) in [5.41, 5.74) is 3.24. The molecule has 3 rings (SSSR count). The van der Waals surface area contributed by atoms with E-state index in [1.807, 2.05) is 74.5 Å². The number of aryl methyl sites for hydroxylation is 1. The van der Waals surface area contributed by atoms with E-state index in [2.05, 4.69) is 21.2 Å². The van der Waals surface area contributed by atoms with Gasteiger partial charge in [0.15, 0.2) is 0 Å². The lowest BCUT2D eigenvalue weighted by Gasteiger charge is -2.14. The number of nitrogens with one attached hydrogen (secondary N) is 1. The molecule has 3 aromatic rings. The van der Waals surface area contributed by atoms with Crippen molar-refractivity contribution in [3.8, 4) is 11.5 Å². The number of amides is 1. The summed E-state index contributed by atoms with van der Waals surface area (Å²) in [6.07, 6.45) is 0. The zero-order chi connectivity index (χ0) is 19.9. The van der Waals surface area contributed by atoms with Gasteiger partial charge in [0.25, 0.3) is 5.91 Å². The van der Waals surface area contributed by atoms with Crippen LogP contribution in [-0.2, 0) is 6.61 Å². The van der Waals surface area contributed by atoms with Crippen molar-refractivity contribution < 1.29 is 14.3 Å². The van der Waals surface area contributed by atoms with E-state index in [1.165, 1.54) is 0 Å². The van der Waals surface area contributed by atoms with Crippen LogP contribution in [-0.4, -0.2) is 12.5 Å². The number of carbonyl (C=O) groups excluding carboxylic acids is 1. The molecule has 0 aliphatic carbocycles. The van der Waals surface area contributed by atoms with Crippen LogP contribution in [0.15, 0.2) is 71.2 Å². The average molecular weight is 440 g/mol. The van der Waals surface area contributed by atoms with Gasteiger partial charge in [-0.3, -0.25) is 4.79 Å². The number of ether oxygens (including phenoxy) is 2. The number of benzene rings is 3. The Bertz CT molecular complexity index is 954. The highest BCUT2D eigenvalue weighted by atomic mass is 79.9. The first kappa shape index (κ1) is 20.0. The van der Waals surface area contributed by atoms with Gasteiger partial charge in [0.2, 0.25) is 0 Å². The maximum atomic E-state index is 12.6. The summed E-state index contributed by atoms with van der Waals surface area (Å²) >= 11 is 3.39. The molecule has 1 N–H and O–H groups in total. The number of rotatable bonds is 7. The summed E-state index contributed by atoms with van der Waals surface area (Å²) in [5, 5.41) is 2.90. The third kappa shape index (κ3) is 5.36. The molecular formula is C23H22BrNO3. The third-order valence-electron chi connectivity index (χ3n) is 4.11. The van der Waals surface area contributed by atoms with E-state index in [9.17, 15) is 4.79 Å². The van der Waals surface area contributed by atoms with Crippen molar-refractivity contribution in [2.75, 3.05) is 11.9 Å². The van der Waals surface area contributed by atoms with Crippen LogP contribution < -0.4 is 14.8 Å². The summed E-state index contributed by atoms with van der Waals surface area (Å²) < 4.78 is 12.6. The Morgan fingerprint density at radius 1 is 1.00 bits per heavy atom. The minimum Gasteiger partial charge on any atom is -0.493 e. The van der Waals surface area contributed by atoms with Gasteiger partial charge in [0, 0.05) is 21.3 Å². The molecule has 5 heteroatoms. The Hall–Kier alpha value is -2.79. The molecule has 0 radical (unpaired) electrons. The highest BCUT2D eigenvalue weighted by Crippen LogP contribution is 2.24. The Labute approximate surface area is 173 Å². The van der Waals surface area contributed by atoms with Crippen LogP contribution in [0.4, 0.5) is 5.69 Å². The lowest BCUT2D eigenvalue weighted by molar-refractivity contribution is 0.102. The fraction of sp³-hybridized carbons (Fsp3) is 0.174. The van der Waals surface area contributed by atoms with Crippen LogP contribution >= 0.6 is 15.9 Å². The van der Waals surface area contributed by atoms with Crippen molar-refractivity contribution in [3.05, 3.63) is 87.9 Å². The first-order valence-corrected chi connectivity index (χ1v) is 9.86. The van der Waals surface area contributed by atoms with E-state index in [0.29, 0.717) is 18.8 Å². The molecule has 0 saturated carbocycles. The first-order valence-electron chi connectivity index (χ1n) is 9.07. The molecule has 0 aliphatic heterocycles. The molecule has 1 amide bonds. The van der Waals surface area contributed by atoms with Crippen molar-refractivity contribution in [2.24, 2.45) is 0 Å². The maximum absolute atomic E-state index is 12.6. The van der Waals surface area contributed by atoms with Gasteiger partial charge in [0.1, 0.15) is 18.1 Å². The molecule has 28 heavy (non-hydrogen) atoms. The van der Waals surface area contributed by atoms with Crippen LogP contribution in [0.5, 0.6) is 11.5 Å². The maximum Gasteiger partial charge on any atom is 0.255 e. The van der Waals surface area contributed by atoms with Gasteiger partial charge in [-0.25, -0.2) is 0 Å². The monoisotopic (exact) mass is 439 g/mol. The second kappa shape index (κ2) is 9.42. The second-order valence-electron chi connectivity index (χ2n) is 6.32. The van der Waals surface area contributed by atoms with Gasteiger partial charge < -0.3 is 14.8 Å². The molecule has 0 atom stereocenters. The van der Waals surface area contributed by atoms with Crippen molar-refractivity contribution >= 4 is 27.5 Å². The molecule has 0 heterocycles. The van der Waals surface area contributed by atoms with Gasteiger partial charge in [-0.2, -0.15) is 0 Å². The van der Waals surface area contributed by atoms with Crippen LogP contribution in [0.3, 0.4) is 0 Å². The Kier molecular flexibility index (Phi) is 6.71. The predicted octanol–water partition coefficient (Wildman–Crippen LogP) is 5.99. The van der Waals surface area contributed by atoms with Gasteiger partial charge >= 0.3 is 0 Å².